The number of halogens is 3. The Morgan fingerprint density at radius 3 is 1.35 bits per heavy atom. The summed E-state index contributed by atoms with van der Waals surface area (Å²) >= 11 is 15.1. The quantitative estimate of drug-likeness (QED) is 0.108. The van der Waals surface area contributed by atoms with Crippen LogP contribution in [0.15, 0.2) is 60.7 Å². The van der Waals surface area contributed by atoms with Crippen molar-refractivity contribution in [3.8, 4) is 0 Å². The Morgan fingerprint density at radius 2 is 1.01 bits per heavy atom. The molecule has 2 aromatic rings. The molecule has 2 aliphatic carbocycles. The lowest BCUT2D eigenvalue weighted by Gasteiger charge is -2.36. The molecule has 11 nitrogen and oxygen atoms in total. The fourth-order valence-corrected chi connectivity index (χ4v) is 9.02. The van der Waals surface area contributed by atoms with Crippen LogP contribution in [0.25, 0.3) is 0 Å². The molecule has 4 rings (SSSR count). The fourth-order valence-electron chi connectivity index (χ4n) is 8.77. The van der Waals surface area contributed by atoms with Crippen molar-refractivity contribution >= 4 is 58.1 Å². The van der Waals surface area contributed by atoms with Crippen LogP contribution < -0.4 is 21.7 Å². The molecule has 0 aliphatic heterocycles. The second-order valence-corrected chi connectivity index (χ2v) is 22.3. The Bertz CT molecular complexity index is 1680. The van der Waals surface area contributed by atoms with E-state index in [0.29, 0.717) is 48.6 Å². The Balaban J connectivity index is 0.000000977. The molecule has 8 atom stereocenters. The van der Waals surface area contributed by atoms with Gasteiger partial charge in [0.15, 0.2) is 0 Å². The van der Waals surface area contributed by atoms with Crippen molar-refractivity contribution in [2.75, 3.05) is 38.1 Å². The standard InChI is InChI=1S/C24H38N2O3.C13H20N2O2.C11H19ClO.C6H15N.CH2Cl2/c1-16(2)19-13-12-17(3)14-20(19)22(27)25-15-21(18-10-8-7-9-11-18)26-23(28)29-24(4,5)6;1-13(2,3)17-12(16)15-11(9-14)10-7-5-4-6-8-10;1-7(2)9-5-4-8(3)6-10(9)11(12)13;1-4-7(5-2)6-3;2-1-3/h7-11,16-17,19-21H,12-15H2,1-6H3,(H,25,27)(H,26,28);4-8,11H,9,14H2,1-3H3,(H,15,16);7-10H,4-6H2,1-3H3;4-6H2,1-3H3;1H2/t17-,19+,20-,21-;11-;8-,9+,10-;;/m111../s1. The minimum Gasteiger partial charge on any atom is -0.444 e. The van der Waals surface area contributed by atoms with Crippen LogP contribution in [0.2, 0.25) is 0 Å². The molecule has 2 saturated carbocycles. The predicted octanol–water partition coefficient (Wildman–Crippen LogP) is 13.5. The van der Waals surface area contributed by atoms with Crippen LogP contribution in [0.3, 0.4) is 0 Å². The summed E-state index contributed by atoms with van der Waals surface area (Å²) in [7, 11) is 0. The lowest BCUT2D eigenvalue weighted by Crippen LogP contribution is -2.44. The summed E-state index contributed by atoms with van der Waals surface area (Å²) in [5.74, 6) is 3.50. The number of alkyl halides is 2. The highest BCUT2D eigenvalue weighted by molar-refractivity contribution is 6.64. The molecule has 0 spiro atoms. The van der Waals surface area contributed by atoms with E-state index in [2.05, 4.69) is 83.2 Å². The molecule has 3 amide bonds. The zero-order valence-electron chi connectivity index (χ0n) is 45.1. The zero-order valence-corrected chi connectivity index (χ0v) is 47.4. The molecule has 2 fully saturated rings. The topological polar surface area (TPSA) is 152 Å². The molecule has 5 N–H and O–H groups in total. The number of benzene rings is 2. The van der Waals surface area contributed by atoms with Crippen molar-refractivity contribution in [2.45, 2.75) is 166 Å². The van der Waals surface area contributed by atoms with Gasteiger partial charge in [0, 0.05) is 24.9 Å². The van der Waals surface area contributed by atoms with Crippen molar-refractivity contribution in [1.29, 1.82) is 0 Å². The van der Waals surface area contributed by atoms with Gasteiger partial charge in [-0.05, 0) is 145 Å². The number of amides is 3. The maximum atomic E-state index is 13.1. The summed E-state index contributed by atoms with van der Waals surface area (Å²) in [5.41, 5.74) is 6.49. The third-order valence-electron chi connectivity index (χ3n) is 12.5. The number of nitrogens with zero attached hydrogens (tertiary/aromatic N) is 1. The van der Waals surface area contributed by atoms with Crippen LogP contribution >= 0.6 is 34.8 Å². The Hall–Kier alpha value is -3.09. The van der Waals surface area contributed by atoms with Gasteiger partial charge >= 0.3 is 12.2 Å². The molecule has 2 aliphatic rings. The van der Waals surface area contributed by atoms with Crippen LogP contribution in [-0.4, -0.2) is 77.5 Å². The van der Waals surface area contributed by atoms with E-state index < -0.39 is 23.4 Å². The third kappa shape index (κ3) is 29.1. The molecule has 0 heterocycles. The lowest BCUT2D eigenvalue weighted by molar-refractivity contribution is -0.129. The summed E-state index contributed by atoms with van der Waals surface area (Å²) in [6.45, 7) is 35.0. The van der Waals surface area contributed by atoms with Gasteiger partial charge in [-0.1, -0.05) is 136 Å². The lowest BCUT2D eigenvalue weighted by atomic mass is 9.70. The predicted molar refractivity (Wildman–Crippen MR) is 290 cm³/mol. The van der Waals surface area contributed by atoms with Crippen LogP contribution in [0.4, 0.5) is 9.59 Å². The van der Waals surface area contributed by atoms with Gasteiger partial charge in [0.1, 0.15) is 11.2 Å². The normalized spacial score (nSPS) is 20.9. The molecular formula is C55H94Cl3N5O6. The molecule has 0 bridgehead atoms. The summed E-state index contributed by atoms with van der Waals surface area (Å²) in [6, 6.07) is 18.7. The second kappa shape index (κ2) is 35.1. The van der Waals surface area contributed by atoms with Crippen molar-refractivity contribution in [2.24, 2.45) is 53.1 Å². The van der Waals surface area contributed by atoms with Gasteiger partial charge in [-0.3, -0.25) is 9.59 Å². The van der Waals surface area contributed by atoms with E-state index in [9.17, 15) is 19.2 Å². The first-order chi connectivity index (χ1) is 32.3. The molecule has 14 heteroatoms. The SMILES string of the molecule is CC(C)(C)OC(=O)N[C@H](CN)c1ccccc1.CC(C)[C@@H]1CC[C@@H](C)C[C@H]1C(=O)Cl.CC(C)[C@@H]1CC[C@@H](C)C[C@H]1C(=O)NC[C@@H](NC(=O)OC(C)(C)C)c1ccccc1.CCN(CC)CC.ClCCl. The van der Waals surface area contributed by atoms with E-state index in [1.165, 1.54) is 38.9 Å². The van der Waals surface area contributed by atoms with E-state index in [1.54, 1.807) is 0 Å². The zero-order chi connectivity index (χ0) is 52.9. The van der Waals surface area contributed by atoms with Crippen molar-refractivity contribution in [3.63, 3.8) is 0 Å². The average molecular weight is 1030 g/mol. The molecule has 69 heavy (non-hydrogen) atoms. The third-order valence-corrected chi connectivity index (χ3v) is 12.8. The van der Waals surface area contributed by atoms with Crippen LogP contribution in [-0.2, 0) is 19.1 Å². The monoisotopic (exact) mass is 1030 g/mol. The van der Waals surface area contributed by atoms with Crippen molar-refractivity contribution in [1.82, 2.24) is 20.9 Å². The average Bonchev–Trinajstić information content (AvgIpc) is 3.27. The highest BCUT2D eigenvalue weighted by atomic mass is 35.5. The molecule has 0 saturated heterocycles. The number of carbonyl (C=O) groups is 4. The van der Waals surface area contributed by atoms with E-state index in [4.69, 9.17) is 50.0 Å². The Morgan fingerprint density at radius 1 is 0.652 bits per heavy atom. The summed E-state index contributed by atoms with van der Waals surface area (Å²) in [5, 5.41) is 8.86. The van der Waals surface area contributed by atoms with Gasteiger partial charge in [0.05, 0.1) is 17.4 Å². The summed E-state index contributed by atoms with van der Waals surface area (Å²) in [4.78, 5) is 50.6. The highest BCUT2D eigenvalue weighted by Gasteiger charge is 2.36. The first-order valence-electron chi connectivity index (χ1n) is 25.4. The minimum absolute atomic E-state index is 0.0386. The largest absolute Gasteiger partial charge is 0.444 e. The Labute approximate surface area is 434 Å². The number of nitrogens with one attached hydrogen (secondary N) is 3. The van der Waals surface area contributed by atoms with Crippen LogP contribution in [0.1, 0.15) is 166 Å². The number of hydrogen-bond donors (Lipinski definition) is 4. The number of hydrogen-bond acceptors (Lipinski definition) is 8. The molecule has 0 unspecified atom stereocenters. The first kappa shape index (κ1) is 65.9. The maximum absolute atomic E-state index is 13.1. The van der Waals surface area contributed by atoms with Gasteiger partial charge in [-0.15, -0.1) is 23.2 Å². The maximum Gasteiger partial charge on any atom is 0.408 e. The van der Waals surface area contributed by atoms with E-state index in [1.807, 2.05) is 102 Å². The van der Waals surface area contributed by atoms with Gasteiger partial charge in [-0.25, -0.2) is 9.59 Å². The van der Waals surface area contributed by atoms with E-state index in [-0.39, 0.29) is 40.4 Å². The summed E-state index contributed by atoms with van der Waals surface area (Å²) in [6.07, 6.45) is 5.72. The fraction of sp³-hybridized carbons (Fsp3) is 0.709. The molecule has 2 aromatic carbocycles. The number of rotatable bonds is 14. The van der Waals surface area contributed by atoms with Crippen LogP contribution in [0.5, 0.6) is 0 Å². The van der Waals surface area contributed by atoms with E-state index in [0.717, 1.165) is 30.4 Å². The molecule has 0 radical (unpaired) electrons. The van der Waals surface area contributed by atoms with E-state index >= 15 is 0 Å². The number of alkyl carbamates (subject to hydrolysis) is 2. The van der Waals surface area contributed by atoms with Crippen molar-refractivity contribution in [3.05, 3.63) is 71.8 Å². The number of carbonyl (C=O) groups excluding carboxylic acids is 4. The molecular weight excluding hydrogens is 933 g/mol. The molecule has 0 aromatic heterocycles. The first-order valence-corrected chi connectivity index (χ1v) is 26.8. The highest BCUT2D eigenvalue weighted by Crippen LogP contribution is 2.39. The number of ether oxygens (including phenoxy) is 2. The Kier molecular flexibility index (Phi) is 33.5. The minimum atomic E-state index is -0.572. The van der Waals surface area contributed by atoms with Gasteiger partial charge in [-0.2, -0.15) is 0 Å². The smallest absolute Gasteiger partial charge is 0.408 e. The molecule has 396 valence electrons. The second-order valence-electron chi connectivity index (χ2n) is 21.1. The van der Waals surface area contributed by atoms with Gasteiger partial charge < -0.3 is 36.1 Å². The summed E-state index contributed by atoms with van der Waals surface area (Å²) < 4.78 is 10.6. The van der Waals surface area contributed by atoms with Gasteiger partial charge in [0.2, 0.25) is 11.1 Å². The van der Waals surface area contributed by atoms with Gasteiger partial charge in [0.25, 0.3) is 0 Å². The van der Waals surface area contributed by atoms with Crippen molar-refractivity contribution < 1.29 is 28.7 Å². The van der Waals surface area contributed by atoms with Crippen LogP contribution in [0, 0.1) is 47.3 Å². The number of nitrogens with two attached hydrogens (primary N) is 1.